The van der Waals surface area contributed by atoms with Crippen LogP contribution in [-0.2, 0) is 20.7 Å². The summed E-state index contributed by atoms with van der Waals surface area (Å²) in [5, 5.41) is 25.8. The van der Waals surface area contributed by atoms with E-state index in [1.54, 1.807) is 30.3 Å². The average molecular weight is 576 g/mol. The van der Waals surface area contributed by atoms with E-state index in [1.807, 2.05) is 30.3 Å². The number of esters is 1. The fraction of sp³-hybridized carbons (Fsp3) is 0.214. The maximum Gasteiger partial charge on any atom is 0.337 e. The number of β-amino-alcohol motifs (C(OH)–C–C–N with tert-alkyl or cyclic N) is 1. The third-order valence-electron chi connectivity index (χ3n) is 6.71. The number of ether oxygens (including phenoxy) is 1. The number of aliphatic hydroxyl groups is 1. The van der Waals surface area contributed by atoms with Crippen molar-refractivity contribution in [1.82, 2.24) is 25.1 Å². The lowest BCUT2D eigenvalue weighted by molar-refractivity contribution is -0.142. The molecule has 2 amide bonds. The predicted molar refractivity (Wildman–Crippen MR) is 150 cm³/mol. The molecule has 210 valence electrons. The van der Waals surface area contributed by atoms with Gasteiger partial charge in [-0.05, 0) is 58.5 Å². The number of halogens is 1. The van der Waals surface area contributed by atoms with Gasteiger partial charge in [-0.15, -0.1) is 5.10 Å². The van der Waals surface area contributed by atoms with Gasteiger partial charge in [0.05, 0.1) is 37.1 Å². The van der Waals surface area contributed by atoms with Gasteiger partial charge >= 0.3 is 5.97 Å². The third kappa shape index (κ3) is 6.18. The first-order chi connectivity index (χ1) is 19.8. The summed E-state index contributed by atoms with van der Waals surface area (Å²) < 4.78 is 6.13. The molecule has 0 spiro atoms. The van der Waals surface area contributed by atoms with Crippen LogP contribution in [0.5, 0.6) is 0 Å². The van der Waals surface area contributed by atoms with Gasteiger partial charge in [0, 0.05) is 17.1 Å². The van der Waals surface area contributed by atoms with Crippen molar-refractivity contribution in [3.05, 3.63) is 95.3 Å². The summed E-state index contributed by atoms with van der Waals surface area (Å²) in [6, 6.07) is 19.6. The number of tetrazole rings is 1. The largest absolute Gasteiger partial charge is 0.465 e. The fourth-order valence-corrected chi connectivity index (χ4v) is 4.84. The lowest BCUT2D eigenvalue weighted by atomic mass is 10.0. The number of benzene rings is 3. The molecule has 2 atom stereocenters. The van der Waals surface area contributed by atoms with Gasteiger partial charge in [0.25, 0.3) is 0 Å². The molecule has 0 saturated carbocycles. The topological polar surface area (TPSA) is 143 Å². The Hall–Kier alpha value is -4.81. The van der Waals surface area contributed by atoms with Crippen LogP contribution in [0, 0.1) is 0 Å². The van der Waals surface area contributed by atoms with E-state index in [9.17, 15) is 19.5 Å². The van der Waals surface area contributed by atoms with Crippen LogP contribution in [0.2, 0.25) is 5.02 Å². The molecule has 2 heterocycles. The monoisotopic (exact) mass is 575 g/mol. The number of carbonyl (C=O) groups is 3. The van der Waals surface area contributed by atoms with Gasteiger partial charge in [-0.2, -0.15) is 4.68 Å². The van der Waals surface area contributed by atoms with Crippen molar-refractivity contribution >= 4 is 40.8 Å². The number of nitrogens with one attached hydrogen (secondary N) is 1. The number of aliphatic hydroxyl groups excluding tert-OH is 1. The van der Waals surface area contributed by atoms with Crippen LogP contribution in [0.3, 0.4) is 0 Å². The molecule has 13 heteroatoms. The van der Waals surface area contributed by atoms with E-state index in [0.29, 0.717) is 27.6 Å². The summed E-state index contributed by atoms with van der Waals surface area (Å²) in [5.74, 6) is -1.30. The first kappa shape index (κ1) is 27.7. The number of nitrogens with zero attached hydrogens (tertiary/aromatic N) is 6. The van der Waals surface area contributed by atoms with Gasteiger partial charge in [-0.3, -0.25) is 9.59 Å². The normalized spacial score (nSPS) is 15.9. The number of amides is 2. The van der Waals surface area contributed by atoms with Gasteiger partial charge in [-0.1, -0.05) is 41.9 Å². The lowest BCUT2D eigenvalue weighted by Crippen LogP contribution is -2.61. The standard InChI is InChI=1S/C28H26ClN7O5/c1-41-28(40)19-7-10-21(11-8-19)31-27(39)24(13-18-5-3-2-4-6-18)35-16-25(37)34(15-26(35)38)23-14-20(29)9-12-22(23)36-17-30-32-33-36/h2-12,14,17,24-25,37H,13,15-16H2,1H3,(H,31,39). The predicted octanol–water partition coefficient (Wildman–Crippen LogP) is 2.32. The molecule has 1 aliphatic rings. The molecule has 1 aliphatic heterocycles. The second-order valence-electron chi connectivity index (χ2n) is 9.31. The summed E-state index contributed by atoms with van der Waals surface area (Å²) in [5.41, 5.74) is 2.60. The molecule has 2 N–H and O–H groups in total. The van der Waals surface area contributed by atoms with Crippen molar-refractivity contribution in [3.8, 4) is 5.69 Å². The molecule has 3 aromatic carbocycles. The van der Waals surface area contributed by atoms with Crippen molar-refractivity contribution in [2.24, 2.45) is 0 Å². The van der Waals surface area contributed by atoms with E-state index in [-0.39, 0.29) is 25.4 Å². The number of aromatic nitrogens is 4. The number of methoxy groups -OCH3 is 1. The van der Waals surface area contributed by atoms with Gasteiger partial charge in [0.2, 0.25) is 11.8 Å². The summed E-state index contributed by atoms with van der Waals surface area (Å²) in [7, 11) is 1.29. The highest BCUT2D eigenvalue weighted by atomic mass is 35.5. The minimum atomic E-state index is -1.16. The van der Waals surface area contributed by atoms with Gasteiger partial charge in [0.1, 0.15) is 18.6 Å². The molecule has 1 aromatic heterocycles. The van der Waals surface area contributed by atoms with Crippen molar-refractivity contribution in [2.45, 2.75) is 18.7 Å². The van der Waals surface area contributed by atoms with Gasteiger partial charge < -0.3 is 25.0 Å². The van der Waals surface area contributed by atoms with Crippen molar-refractivity contribution in [1.29, 1.82) is 0 Å². The van der Waals surface area contributed by atoms with E-state index in [4.69, 9.17) is 16.3 Å². The minimum absolute atomic E-state index is 0.146. The zero-order valence-electron chi connectivity index (χ0n) is 21.9. The van der Waals surface area contributed by atoms with Gasteiger partial charge in [0.15, 0.2) is 0 Å². The lowest BCUT2D eigenvalue weighted by Gasteiger charge is -2.42. The Kier molecular flexibility index (Phi) is 8.22. The van der Waals surface area contributed by atoms with Crippen molar-refractivity contribution in [3.63, 3.8) is 0 Å². The molecular formula is C28H26ClN7O5. The Morgan fingerprint density at radius 2 is 1.85 bits per heavy atom. The van der Waals surface area contributed by atoms with E-state index < -0.39 is 24.1 Å². The SMILES string of the molecule is COC(=O)c1ccc(NC(=O)C(Cc2ccccc2)N2CC(O)N(c3cc(Cl)ccc3-n3cnnn3)CC2=O)cc1. The molecule has 0 aliphatic carbocycles. The highest BCUT2D eigenvalue weighted by Gasteiger charge is 2.39. The van der Waals surface area contributed by atoms with Crippen LogP contribution in [0.1, 0.15) is 15.9 Å². The van der Waals surface area contributed by atoms with Crippen LogP contribution in [0.15, 0.2) is 79.1 Å². The van der Waals surface area contributed by atoms with Crippen LogP contribution >= 0.6 is 11.6 Å². The number of anilines is 2. The van der Waals surface area contributed by atoms with E-state index >= 15 is 0 Å². The molecule has 5 rings (SSSR count). The van der Waals surface area contributed by atoms with Crippen LogP contribution < -0.4 is 10.2 Å². The van der Waals surface area contributed by atoms with Crippen LogP contribution in [0.4, 0.5) is 11.4 Å². The summed E-state index contributed by atoms with van der Waals surface area (Å²) in [4.78, 5) is 41.9. The smallest absolute Gasteiger partial charge is 0.337 e. The highest BCUT2D eigenvalue weighted by Crippen LogP contribution is 2.31. The maximum absolute atomic E-state index is 13.6. The van der Waals surface area contributed by atoms with E-state index in [2.05, 4.69) is 20.8 Å². The Morgan fingerprint density at radius 3 is 2.54 bits per heavy atom. The fourth-order valence-electron chi connectivity index (χ4n) is 4.67. The number of piperazine rings is 1. The number of hydrogen-bond donors (Lipinski definition) is 2. The van der Waals surface area contributed by atoms with E-state index in [0.717, 1.165) is 5.56 Å². The Labute approximate surface area is 240 Å². The highest BCUT2D eigenvalue weighted by molar-refractivity contribution is 6.31. The zero-order chi connectivity index (χ0) is 28.9. The average Bonchev–Trinajstić information content (AvgIpc) is 3.52. The minimum Gasteiger partial charge on any atom is -0.465 e. The molecule has 41 heavy (non-hydrogen) atoms. The molecule has 0 radical (unpaired) electrons. The van der Waals surface area contributed by atoms with Crippen LogP contribution in [0.25, 0.3) is 5.69 Å². The quantitative estimate of drug-likeness (QED) is 0.303. The second-order valence-corrected chi connectivity index (χ2v) is 9.74. The molecule has 0 bridgehead atoms. The zero-order valence-corrected chi connectivity index (χ0v) is 22.7. The molecule has 2 unspecified atom stereocenters. The maximum atomic E-state index is 13.6. The Bertz CT molecular complexity index is 1530. The summed E-state index contributed by atoms with van der Waals surface area (Å²) in [6.45, 7) is -0.365. The second kappa shape index (κ2) is 12.1. The summed E-state index contributed by atoms with van der Waals surface area (Å²) in [6.07, 6.45) is 0.458. The van der Waals surface area contributed by atoms with E-state index in [1.165, 1.54) is 40.1 Å². The number of hydrogen-bond acceptors (Lipinski definition) is 9. The molecule has 4 aromatic rings. The van der Waals surface area contributed by atoms with Crippen molar-refractivity contribution < 1.29 is 24.2 Å². The molecule has 1 saturated heterocycles. The van der Waals surface area contributed by atoms with Crippen LogP contribution in [-0.4, -0.2) is 80.5 Å². The molecule has 12 nitrogen and oxygen atoms in total. The number of rotatable bonds is 8. The Morgan fingerprint density at radius 1 is 1.10 bits per heavy atom. The first-order valence-electron chi connectivity index (χ1n) is 12.6. The number of carbonyl (C=O) groups excluding carboxylic acids is 3. The molecular weight excluding hydrogens is 550 g/mol. The van der Waals surface area contributed by atoms with Gasteiger partial charge in [-0.25, -0.2) is 4.79 Å². The first-order valence-corrected chi connectivity index (χ1v) is 13.0. The molecule has 1 fully saturated rings. The van der Waals surface area contributed by atoms with Crippen molar-refractivity contribution in [2.75, 3.05) is 30.4 Å². The Balaban J connectivity index is 1.40. The third-order valence-corrected chi connectivity index (χ3v) is 6.95. The summed E-state index contributed by atoms with van der Waals surface area (Å²) >= 11 is 6.26.